The third kappa shape index (κ3) is 3.87. The largest absolute Gasteiger partial charge is 0.147 e. The molecule has 1 heterocycles. The summed E-state index contributed by atoms with van der Waals surface area (Å²) in [7, 11) is -1.45. The van der Waals surface area contributed by atoms with E-state index in [1.54, 1.807) is 19.1 Å². The van der Waals surface area contributed by atoms with Crippen molar-refractivity contribution in [2.75, 3.05) is 0 Å². The first-order valence-electron chi connectivity index (χ1n) is 6.14. The van der Waals surface area contributed by atoms with Crippen LogP contribution in [0.1, 0.15) is 31.7 Å². The van der Waals surface area contributed by atoms with Gasteiger partial charge in [-0.05, 0) is 0 Å². The van der Waals surface area contributed by atoms with Crippen molar-refractivity contribution >= 4 is 48.7 Å². The second-order valence-electron chi connectivity index (χ2n) is 5.48. The average Bonchev–Trinajstić information content (AvgIpc) is 2.84. The molecule has 5 heteroatoms. The minimum absolute atomic E-state index is 0. The van der Waals surface area contributed by atoms with Crippen LogP contribution in [0.5, 0.6) is 0 Å². The number of halogens is 2. The van der Waals surface area contributed by atoms with Gasteiger partial charge in [0.2, 0.25) is 0 Å². The molecule has 1 aromatic heterocycles. The van der Waals surface area contributed by atoms with Crippen LogP contribution in [0.25, 0.3) is 0 Å². The van der Waals surface area contributed by atoms with Crippen LogP contribution < -0.4 is 4.50 Å². The predicted molar refractivity (Wildman–Crippen MR) is 90.8 cm³/mol. The number of thiophene rings is 1. The molecule has 0 atom stereocenters. The van der Waals surface area contributed by atoms with Gasteiger partial charge in [0.05, 0.1) is 0 Å². The molecular formula is C14H21Cl2SSiTi. The molecule has 19 heavy (non-hydrogen) atoms. The maximum Gasteiger partial charge on any atom is -0.147 e. The fourth-order valence-corrected chi connectivity index (χ4v) is 9.51. The fraction of sp³-hybridized carbons (Fsp3) is 0.429. The van der Waals surface area contributed by atoms with Gasteiger partial charge in [0.1, 0.15) is 0 Å². The van der Waals surface area contributed by atoms with E-state index < -0.39 is 8.07 Å². The van der Waals surface area contributed by atoms with Crippen LogP contribution in [-0.2, 0) is 20.4 Å². The normalized spacial score (nSPS) is 14.5. The molecule has 0 fully saturated rings. The SMILES string of the molecule is CC(C)c1ccsc1[Si](C)(C)C1=[C]([Ti])CC=C1.Cl.Cl. The standard InChI is InChI=1S/C14H19SSi.2ClH.Ti/c1-11(2)13-9-10-15-14(13)16(3,4)12-7-5-6-8-12;;;/h5,7,9-11H,6H2,1-4H3;2*1H;. The van der Waals surface area contributed by atoms with Crippen molar-refractivity contribution in [3.05, 3.63) is 38.2 Å². The summed E-state index contributed by atoms with van der Waals surface area (Å²) in [6.07, 6.45) is 5.86. The molecule has 1 aliphatic carbocycles. The van der Waals surface area contributed by atoms with Gasteiger partial charge in [0.15, 0.2) is 0 Å². The Bertz CT molecular complexity index is 489. The molecule has 2 rings (SSSR count). The number of hydrogen-bond acceptors (Lipinski definition) is 1. The fourth-order valence-electron chi connectivity index (χ4n) is 2.49. The number of rotatable bonds is 3. The summed E-state index contributed by atoms with van der Waals surface area (Å²) < 4.78 is 3.26. The average molecular weight is 368 g/mol. The van der Waals surface area contributed by atoms with Crippen molar-refractivity contribution in [2.45, 2.75) is 39.3 Å². The van der Waals surface area contributed by atoms with E-state index in [2.05, 4.69) is 71.0 Å². The second kappa shape index (κ2) is 7.63. The molecule has 0 N–H and O–H groups in total. The second-order valence-corrected chi connectivity index (χ2v) is 12.0. The molecule has 105 valence electrons. The molecule has 0 radical (unpaired) electrons. The van der Waals surface area contributed by atoms with Crippen molar-refractivity contribution in [2.24, 2.45) is 0 Å². The third-order valence-corrected chi connectivity index (χ3v) is 10.5. The van der Waals surface area contributed by atoms with E-state index in [0.29, 0.717) is 5.92 Å². The molecule has 0 unspecified atom stereocenters. The third-order valence-electron chi connectivity index (χ3n) is 3.49. The topological polar surface area (TPSA) is 0 Å². The van der Waals surface area contributed by atoms with Crippen LogP contribution in [0.3, 0.4) is 0 Å². The number of hydrogen-bond donors (Lipinski definition) is 0. The van der Waals surface area contributed by atoms with Gasteiger partial charge in [0.25, 0.3) is 0 Å². The van der Waals surface area contributed by atoms with Gasteiger partial charge >= 0.3 is 122 Å². The van der Waals surface area contributed by atoms with Crippen LogP contribution in [-0.4, -0.2) is 8.07 Å². The summed E-state index contributed by atoms with van der Waals surface area (Å²) in [4.78, 5) is 0. The first-order chi connectivity index (χ1) is 7.94. The van der Waals surface area contributed by atoms with E-state index in [1.807, 2.05) is 11.3 Å². The Morgan fingerprint density at radius 1 is 1.26 bits per heavy atom. The van der Waals surface area contributed by atoms with Gasteiger partial charge in [-0.2, -0.15) is 0 Å². The van der Waals surface area contributed by atoms with Gasteiger partial charge in [-0.25, -0.2) is 0 Å². The zero-order valence-electron chi connectivity index (χ0n) is 11.8. The summed E-state index contributed by atoms with van der Waals surface area (Å²) in [6, 6.07) is 2.33. The molecule has 0 aromatic carbocycles. The quantitative estimate of drug-likeness (QED) is 0.664. The van der Waals surface area contributed by atoms with Gasteiger partial charge in [-0.15, -0.1) is 24.8 Å². The Morgan fingerprint density at radius 2 is 1.89 bits per heavy atom. The van der Waals surface area contributed by atoms with Crippen molar-refractivity contribution < 1.29 is 20.4 Å². The van der Waals surface area contributed by atoms with E-state index in [4.69, 9.17) is 0 Å². The van der Waals surface area contributed by atoms with E-state index in [1.165, 1.54) is 0 Å². The Kier molecular flexibility index (Phi) is 7.91. The minimum atomic E-state index is -1.45. The summed E-state index contributed by atoms with van der Waals surface area (Å²) in [5.74, 6) is 0.648. The van der Waals surface area contributed by atoms with Crippen LogP contribution in [0.4, 0.5) is 0 Å². The van der Waals surface area contributed by atoms with Crippen molar-refractivity contribution in [1.29, 1.82) is 0 Å². The molecule has 0 saturated carbocycles. The smallest absolute Gasteiger partial charge is 0.147 e. The van der Waals surface area contributed by atoms with Gasteiger partial charge < -0.3 is 0 Å². The van der Waals surface area contributed by atoms with Crippen LogP contribution in [0.2, 0.25) is 13.1 Å². The Labute approximate surface area is 146 Å². The summed E-state index contributed by atoms with van der Waals surface area (Å²) in [5.41, 5.74) is 1.58. The van der Waals surface area contributed by atoms with Crippen LogP contribution in [0, 0.1) is 0 Å². The molecule has 1 aromatic rings. The predicted octanol–water partition coefficient (Wildman–Crippen LogP) is 4.93. The molecule has 0 bridgehead atoms. The van der Waals surface area contributed by atoms with E-state index >= 15 is 0 Å². The van der Waals surface area contributed by atoms with Crippen LogP contribution in [0.15, 0.2) is 32.7 Å². The van der Waals surface area contributed by atoms with Crippen molar-refractivity contribution in [3.8, 4) is 0 Å². The monoisotopic (exact) mass is 367 g/mol. The Morgan fingerprint density at radius 3 is 2.37 bits per heavy atom. The summed E-state index contributed by atoms with van der Waals surface area (Å²) >= 11 is 4.27. The maximum absolute atomic E-state index is 2.50. The Balaban J connectivity index is 0.00000162. The maximum atomic E-state index is 2.50. The molecule has 0 saturated heterocycles. The van der Waals surface area contributed by atoms with Gasteiger partial charge in [-0.1, -0.05) is 0 Å². The molecule has 0 amide bonds. The molecule has 1 aliphatic rings. The molecule has 0 nitrogen and oxygen atoms in total. The minimum Gasteiger partial charge on any atom is -0.147 e. The van der Waals surface area contributed by atoms with E-state index in [-0.39, 0.29) is 24.8 Å². The van der Waals surface area contributed by atoms with Gasteiger partial charge in [-0.3, -0.25) is 0 Å². The van der Waals surface area contributed by atoms with Crippen molar-refractivity contribution in [1.82, 2.24) is 0 Å². The van der Waals surface area contributed by atoms with E-state index in [0.717, 1.165) is 6.42 Å². The molecule has 0 aliphatic heterocycles. The van der Waals surface area contributed by atoms with Crippen LogP contribution >= 0.6 is 36.2 Å². The summed E-state index contributed by atoms with van der Waals surface area (Å²) in [5, 5.41) is 3.93. The first-order valence-corrected chi connectivity index (χ1v) is 10.8. The Hall–Kier alpha value is 0.691. The molecule has 0 spiro atoms. The van der Waals surface area contributed by atoms with Gasteiger partial charge in [0, 0.05) is 0 Å². The molecular weight excluding hydrogens is 347 g/mol. The summed E-state index contributed by atoms with van der Waals surface area (Å²) in [6.45, 7) is 9.61. The zero-order valence-corrected chi connectivity index (χ0v) is 16.8. The number of allylic oxidation sites excluding steroid dienone is 4. The first kappa shape index (κ1) is 19.7. The van der Waals surface area contributed by atoms with Crippen molar-refractivity contribution in [3.63, 3.8) is 0 Å². The van der Waals surface area contributed by atoms with E-state index in [9.17, 15) is 0 Å². The zero-order chi connectivity index (χ0) is 12.6.